The lowest BCUT2D eigenvalue weighted by Crippen LogP contribution is -2.33. The third-order valence-corrected chi connectivity index (χ3v) is 4.25. The van der Waals surface area contributed by atoms with Crippen molar-refractivity contribution in [3.05, 3.63) is 35.9 Å². The first-order valence-corrected chi connectivity index (χ1v) is 6.68. The van der Waals surface area contributed by atoms with Gasteiger partial charge in [-0.2, -0.15) is 0 Å². The molecule has 0 aromatic heterocycles. The van der Waals surface area contributed by atoms with Crippen LogP contribution in [0.4, 0.5) is 0 Å². The largest absolute Gasteiger partial charge is 0.317 e. The molecule has 0 saturated carbocycles. The second kappa shape index (κ2) is 5.65. The maximum Gasteiger partial charge on any atom is 0.0320 e. The Morgan fingerprint density at radius 3 is 2.59 bits per heavy atom. The molecule has 0 bridgehead atoms. The summed E-state index contributed by atoms with van der Waals surface area (Å²) in [6.07, 6.45) is 1.32. The van der Waals surface area contributed by atoms with Gasteiger partial charge in [-0.05, 0) is 45.3 Å². The number of nitrogens with zero attached hydrogens (tertiary/aromatic N) is 1. The molecule has 1 fully saturated rings. The molecule has 0 aliphatic carbocycles. The molecule has 3 atom stereocenters. The highest BCUT2D eigenvalue weighted by atomic mass is 15.2. The van der Waals surface area contributed by atoms with Crippen molar-refractivity contribution in [3.8, 4) is 0 Å². The van der Waals surface area contributed by atoms with Gasteiger partial charge in [-0.1, -0.05) is 30.3 Å². The van der Waals surface area contributed by atoms with Crippen molar-refractivity contribution in [2.75, 3.05) is 20.1 Å². The van der Waals surface area contributed by atoms with E-state index in [-0.39, 0.29) is 0 Å². The molecule has 2 rings (SSSR count). The number of benzene rings is 1. The van der Waals surface area contributed by atoms with Gasteiger partial charge in [0, 0.05) is 18.6 Å². The van der Waals surface area contributed by atoms with E-state index in [9.17, 15) is 0 Å². The molecule has 2 heteroatoms. The topological polar surface area (TPSA) is 15.3 Å². The first kappa shape index (κ1) is 12.6. The van der Waals surface area contributed by atoms with Crippen LogP contribution in [0.3, 0.4) is 0 Å². The minimum atomic E-state index is 0.547. The lowest BCUT2D eigenvalue weighted by molar-refractivity contribution is 0.244. The first-order valence-electron chi connectivity index (χ1n) is 6.68. The van der Waals surface area contributed by atoms with Gasteiger partial charge in [-0.3, -0.25) is 4.90 Å². The predicted octanol–water partition coefficient (Wildman–Crippen LogP) is 2.68. The van der Waals surface area contributed by atoms with E-state index in [0.717, 1.165) is 5.92 Å². The van der Waals surface area contributed by atoms with E-state index >= 15 is 0 Å². The smallest absolute Gasteiger partial charge is 0.0320 e. The predicted molar refractivity (Wildman–Crippen MR) is 73.1 cm³/mol. The van der Waals surface area contributed by atoms with Crippen molar-refractivity contribution in [2.45, 2.75) is 32.4 Å². The molecule has 1 aromatic rings. The second-order valence-corrected chi connectivity index (χ2v) is 5.21. The van der Waals surface area contributed by atoms with Gasteiger partial charge < -0.3 is 5.32 Å². The Bertz CT molecular complexity index is 336. The van der Waals surface area contributed by atoms with Crippen LogP contribution >= 0.6 is 0 Å². The Kier molecular flexibility index (Phi) is 4.19. The van der Waals surface area contributed by atoms with Gasteiger partial charge in [0.2, 0.25) is 0 Å². The Hall–Kier alpha value is -0.860. The van der Waals surface area contributed by atoms with Crippen molar-refractivity contribution < 1.29 is 0 Å². The molecule has 1 heterocycles. The monoisotopic (exact) mass is 232 g/mol. The molecule has 1 N–H and O–H groups in total. The van der Waals surface area contributed by atoms with Gasteiger partial charge in [-0.25, -0.2) is 0 Å². The van der Waals surface area contributed by atoms with E-state index in [1.165, 1.54) is 25.1 Å². The maximum absolute atomic E-state index is 3.38. The van der Waals surface area contributed by atoms with E-state index in [1.54, 1.807) is 0 Å². The van der Waals surface area contributed by atoms with Gasteiger partial charge in [0.15, 0.2) is 0 Å². The zero-order valence-corrected chi connectivity index (χ0v) is 11.2. The molecule has 1 saturated heterocycles. The zero-order valence-electron chi connectivity index (χ0n) is 11.2. The molecule has 2 nitrogen and oxygen atoms in total. The number of likely N-dealkylation sites (tertiary alicyclic amines) is 1. The summed E-state index contributed by atoms with van der Waals surface area (Å²) in [4.78, 5) is 2.60. The zero-order chi connectivity index (χ0) is 12.3. The minimum absolute atomic E-state index is 0.547. The molecule has 1 aliphatic heterocycles. The molecule has 17 heavy (non-hydrogen) atoms. The van der Waals surface area contributed by atoms with Crippen molar-refractivity contribution >= 4 is 0 Å². The summed E-state index contributed by atoms with van der Waals surface area (Å²) in [5, 5.41) is 3.38. The van der Waals surface area contributed by atoms with Gasteiger partial charge in [0.1, 0.15) is 0 Å². The highest BCUT2D eigenvalue weighted by molar-refractivity contribution is 5.18. The Balaban J connectivity index is 1.97. The normalized spacial score (nSPS) is 24.8. The Morgan fingerprint density at radius 1 is 1.24 bits per heavy atom. The van der Waals surface area contributed by atoms with Crippen molar-refractivity contribution in [2.24, 2.45) is 5.92 Å². The fourth-order valence-electron chi connectivity index (χ4n) is 2.75. The van der Waals surface area contributed by atoms with Crippen molar-refractivity contribution in [3.63, 3.8) is 0 Å². The number of hydrogen-bond donors (Lipinski definition) is 1. The molecule has 0 radical (unpaired) electrons. The van der Waals surface area contributed by atoms with Crippen LogP contribution in [0.2, 0.25) is 0 Å². The highest BCUT2D eigenvalue weighted by Gasteiger charge is 2.29. The molecule has 2 unspecified atom stereocenters. The van der Waals surface area contributed by atoms with Crippen LogP contribution < -0.4 is 5.32 Å². The number of hydrogen-bond acceptors (Lipinski definition) is 2. The summed E-state index contributed by atoms with van der Waals surface area (Å²) in [6.45, 7) is 7.06. The van der Waals surface area contributed by atoms with Crippen molar-refractivity contribution in [1.82, 2.24) is 10.2 Å². The maximum atomic E-state index is 3.38. The van der Waals surface area contributed by atoms with E-state index < -0.39 is 0 Å². The summed E-state index contributed by atoms with van der Waals surface area (Å²) < 4.78 is 0. The van der Waals surface area contributed by atoms with Crippen LogP contribution in [0.15, 0.2) is 30.3 Å². The van der Waals surface area contributed by atoms with Gasteiger partial charge >= 0.3 is 0 Å². The first-order chi connectivity index (χ1) is 8.22. The summed E-state index contributed by atoms with van der Waals surface area (Å²) in [7, 11) is 2.06. The standard InChI is InChI=1S/C15H24N2/c1-12(16-3)15-9-10-17(11-15)13(2)14-7-5-4-6-8-14/h4-8,12-13,15-16H,9-11H2,1-3H3/t12?,13-,15?/m0/s1. The summed E-state index contributed by atoms with van der Waals surface area (Å²) in [6, 6.07) is 12.0. The molecule has 0 spiro atoms. The van der Waals surface area contributed by atoms with Crippen LogP contribution in [0.1, 0.15) is 31.9 Å². The summed E-state index contributed by atoms with van der Waals surface area (Å²) >= 11 is 0. The fraction of sp³-hybridized carbons (Fsp3) is 0.600. The van der Waals surface area contributed by atoms with E-state index in [2.05, 4.69) is 61.4 Å². The van der Waals surface area contributed by atoms with Crippen LogP contribution in [0.5, 0.6) is 0 Å². The Morgan fingerprint density at radius 2 is 1.94 bits per heavy atom. The molecule has 0 amide bonds. The van der Waals surface area contributed by atoms with E-state index in [1.807, 2.05) is 0 Å². The lowest BCUT2D eigenvalue weighted by Gasteiger charge is -2.26. The SMILES string of the molecule is CNC(C)C1CCN([C@@H](C)c2ccccc2)C1. The van der Waals surface area contributed by atoms with Crippen LogP contribution in [0, 0.1) is 5.92 Å². The third-order valence-electron chi connectivity index (χ3n) is 4.25. The molecule has 1 aliphatic rings. The van der Waals surface area contributed by atoms with Crippen LogP contribution in [0.25, 0.3) is 0 Å². The minimum Gasteiger partial charge on any atom is -0.317 e. The van der Waals surface area contributed by atoms with Crippen LogP contribution in [-0.2, 0) is 0 Å². The molecular formula is C15H24N2. The summed E-state index contributed by atoms with van der Waals surface area (Å²) in [5.74, 6) is 0.797. The second-order valence-electron chi connectivity index (χ2n) is 5.21. The van der Waals surface area contributed by atoms with Gasteiger partial charge in [0.25, 0.3) is 0 Å². The average molecular weight is 232 g/mol. The fourth-order valence-corrected chi connectivity index (χ4v) is 2.75. The van der Waals surface area contributed by atoms with Crippen molar-refractivity contribution in [1.29, 1.82) is 0 Å². The quantitative estimate of drug-likeness (QED) is 0.858. The third kappa shape index (κ3) is 2.88. The lowest BCUT2D eigenvalue weighted by atomic mass is 10.0. The van der Waals surface area contributed by atoms with Gasteiger partial charge in [0.05, 0.1) is 0 Å². The number of rotatable bonds is 4. The molecule has 1 aromatic carbocycles. The Labute approximate surface area is 105 Å². The highest BCUT2D eigenvalue weighted by Crippen LogP contribution is 2.28. The molecule has 94 valence electrons. The van der Waals surface area contributed by atoms with Crippen LogP contribution in [-0.4, -0.2) is 31.1 Å². The van der Waals surface area contributed by atoms with E-state index in [4.69, 9.17) is 0 Å². The summed E-state index contributed by atoms with van der Waals surface area (Å²) in [5.41, 5.74) is 1.44. The average Bonchev–Trinajstić information content (AvgIpc) is 2.87. The van der Waals surface area contributed by atoms with E-state index in [0.29, 0.717) is 12.1 Å². The number of nitrogens with one attached hydrogen (secondary N) is 1. The van der Waals surface area contributed by atoms with Gasteiger partial charge in [-0.15, -0.1) is 0 Å². The molecular weight excluding hydrogens is 208 g/mol.